The lowest BCUT2D eigenvalue weighted by molar-refractivity contribution is -0.116. The van der Waals surface area contributed by atoms with Crippen molar-refractivity contribution in [3.05, 3.63) is 82.4 Å². The van der Waals surface area contributed by atoms with E-state index in [1.54, 1.807) is 6.92 Å². The van der Waals surface area contributed by atoms with Gasteiger partial charge in [0.15, 0.2) is 5.06 Å². The topological polar surface area (TPSA) is 59.9 Å². The maximum atomic E-state index is 14.8. The minimum atomic E-state index is -0.789. The molecule has 0 aliphatic carbocycles. The molecule has 1 aromatic heterocycles. The summed E-state index contributed by atoms with van der Waals surface area (Å²) in [5.74, 6) is -1.77. The lowest BCUT2D eigenvalue weighted by Crippen LogP contribution is -2.22. The van der Waals surface area contributed by atoms with E-state index in [-0.39, 0.29) is 23.3 Å². The van der Waals surface area contributed by atoms with Crippen molar-refractivity contribution in [1.29, 1.82) is 0 Å². The van der Waals surface area contributed by atoms with Crippen LogP contribution in [0.5, 0.6) is 5.06 Å². The number of carbonyl (C=O) groups is 1. The number of anilines is 1. The molecule has 0 fully saturated rings. The number of thiophene rings is 1. The molecule has 2 aliphatic heterocycles. The van der Waals surface area contributed by atoms with Gasteiger partial charge in [-0.1, -0.05) is 47.7 Å². The van der Waals surface area contributed by atoms with Crippen molar-refractivity contribution in [2.45, 2.75) is 38.5 Å². The van der Waals surface area contributed by atoms with E-state index < -0.39 is 17.7 Å². The Morgan fingerprint density at radius 1 is 1.12 bits per heavy atom. The molecule has 2 atom stereocenters. The summed E-state index contributed by atoms with van der Waals surface area (Å²) in [4.78, 5) is 17.0. The molecule has 0 bridgehead atoms. The number of nitrogens with zero attached hydrogens (tertiary/aromatic N) is 1. The van der Waals surface area contributed by atoms with E-state index in [2.05, 4.69) is 10.3 Å². The van der Waals surface area contributed by atoms with E-state index in [0.29, 0.717) is 41.7 Å². The largest absolute Gasteiger partial charge is 0.481 e. The lowest BCUT2D eigenvalue weighted by atomic mass is 9.96. The van der Waals surface area contributed by atoms with E-state index in [1.165, 1.54) is 29.5 Å². The monoisotopic (exact) mass is 468 g/mol. The Labute approximate surface area is 194 Å². The molecule has 0 saturated heterocycles. The van der Waals surface area contributed by atoms with Crippen LogP contribution in [0.2, 0.25) is 0 Å². The van der Waals surface area contributed by atoms with Crippen molar-refractivity contribution in [3.63, 3.8) is 0 Å². The summed E-state index contributed by atoms with van der Waals surface area (Å²) in [6, 6.07) is 12.8. The average molecular weight is 469 g/mol. The van der Waals surface area contributed by atoms with Crippen molar-refractivity contribution in [1.82, 2.24) is 0 Å². The molecule has 0 saturated carbocycles. The quantitative estimate of drug-likeness (QED) is 0.579. The van der Waals surface area contributed by atoms with E-state index in [9.17, 15) is 13.6 Å². The Morgan fingerprint density at radius 3 is 2.64 bits per heavy atom. The molecule has 1 N–H and O–H groups in total. The molecule has 8 heteroatoms. The maximum absolute atomic E-state index is 14.8. The van der Waals surface area contributed by atoms with E-state index >= 15 is 0 Å². The lowest BCUT2D eigenvalue weighted by Gasteiger charge is -2.15. The summed E-state index contributed by atoms with van der Waals surface area (Å²) in [5.41, 5.74) is 2.29. The molecule has 3 heterocycles. The third-order valence-corrected chi connectivity index (χ3v) is 6.85. The first kappa shape index (κ1) is 21.7. The van der Waals surface area contributed by atoms with Crippen LogP contribution in [0.3, 0.4) is 0 Å². The second kappa shape index (κ2) is 9.03. The number of hydrogen-bond donors (Lipinski definition) is 1. The third kappa shape index (κ3) is 4.28. The van der Waals surface area contributed by atoms with Gasteiger partial charge < -0.3 is 14.8 Å². The summed E-state index contributed by atoms with van der Waals surface area (Å²) in [7, 11) is 0. The third-order valence-electron chi connectivity index (χ3n) is 5.79. The fourth-order valence-corrected chi connectivity index (χ4v) is 5.16. The minimum Gasteiger partial charge on any atom is -0.481 e. The Bertz CT molecular complexity index is 1210. The van der Waals surface area contributed by atoms with Gasteiger partial charge in [-0.05, 0) is 37.5 Å². The summed E-state index contributed by atoms with van der Waals surface area (Å²) >= 11 is 1.26. The first-order valence-electron chi connectivity index (χ1n) is 10.8. The predicted octanol–water partition coefficient (Wildman–Crippen LogP) is 5.11. The van der Waals surface area contributed by atoms with Crippen LogP contribution in [0.1, 0.15) is 35.6 Å². The highest BCUT2D eigenvalue weighted by molar-refractivity contribution is 7.18. The SMILES string of the molecule is C[C@@H]1N=C(c2c(F)cccc2F)c2c(sc3c2CCC(OCc2ccccc2)CO3)NC1=O. The van der Waals surface area contributed by atoms with Crippen molar-refractivity contribution >= 4 is 28.0 Å². The number of aliphatic imine (C=N–C) groups is 1. The fraction of sp³-hybridized carbons (Fsp3) is 0.280. The van der Waals surface area contributed by atoms with Crippen LogP contribution < -0.4 is 10.1 Å². The number of nitrogens with one attached hydrogen (secondary N) is 1. The van der Waals surface area contributed by atoms with Crippen LogP contribution in [0.15, 0.2) is 53.5 Å². The summed E-state index contributed by atoms with van der Waals surface area (Å²) in [6.45, 7) is 2.43. The van der Waals surface area contributed by atoms with Gasteiger partial charge in [-0.15, -0.1) is 0 Å². The van der Waals surface area contributed by atoms with Gasteiger partial charge >= 0.3 is 0 Å². The van der Waals surface area contributed by atoms with Crippen LogP contribution in [0, 0.1) is 11.6 Å². The highest BCUT2D eigenvalue weighted by Gasteiger charge is 2.34. The molecule has 170 valence electrons. The van der Waals surface area contributed by atoms with Gasteiger partial charge in [0.2, 0.25) is 5.91 Å². The Hall–Kier alpha value is -3.10. The van der Waals surface area contributed by atoms with Crippen LogP contribution in [-0.2, 0) is 22.6 Å². The molecule has 2 aromatic carbocycles. The number of fused-ring (bicyclic) bond motifs is 3. The van der Waals surface area contributed by atoms with E-state index in [1.807, 2.05) is 30.3 Å². The van der Waals surface area contributed by atoms with Crippen molar-refractivity contribution in [3.8, 4) is 5.06 Å². The zero-order valence-electron chi connectivity index (χ0n) is 17.9. The van der Waals surface area contributed by atoms with Crippen LogP contribution in [-0.4, -0.2) is 30.4 Å². The molecule has 0 spiro atoms. The number of carbonyl (C=O) groups excluding carboxylic acids is 1. The van der Waals surface area contributed by atoms with E-state index in [0.717, 1.165) is 11.1 Å². The normalized spacial score (nSPS) is 20.0. The first-order chi connectivity index (χ1) is 16.0. The van der Waals surface area contributed by atoms with Gasteiger partial charge in [0.25, 0.3) is 0 Å². The van der Waals surface area contributed by atoms with Crippen molar-refractivity contribution in [2.24, 2.45) is 4.99 Å². The highest BCUT2D eigenvalue weighted by atomic mass is 32.1. The molecule has 1 unspecified atom stereocenters. The number of halogens is 2. The molecule has 3 aromatic rings. The number of benzene rings is 2. The zero-order valence-corrected chi connectivity index (χ0v) is 18.8. The standard InChI is InChI=1S/C25H22F2N2O3S/c1-14-23(30)29-24-20(22(28-14)21-18(26)8-5-9-19(21)27)17-11-10-16(13-32-25(17)33-24)31-12-15-6-3-2-4-7-15/h2-9,14,16H,10-13H2,1H3,(H,29,30)/t14-,16?/m0/s1. The minimum absolute atomic E-state index is 0.134. The molecule has 33 heavy (non-hydrogen) atoms. The molecular weight excluding hydrogens is 446 g/mol. The van der Waals surface area contributed by atoms with Gasteiger partial charge in [0.1, 0.15) is 29.3 Å². The van der Waals surface area contributed by atoms with Crippen molar-refractivity contribution in [2.75, 3.05) is 11.9 Å². The Kier molecular flexibility index (Phi) is 5.95. The number of hydrogen-bond acceptors (Lipinski definition) is 5. The van der Waals surface area contributed by atoms with Gasteiger partial charge in [-0.25, -0.2) is 8.78 Å². The Balaban J connectivity index is 1.48. The molecule has 2 aliphatic rings. The number of rotatable bonds is 4. The number of ether oxygens (including phenoxy) is 2. The van der Waals surface area contributed by atoms with Gasteiger partial charge in [0.05, 0.1) is 24.0 Å². The van der Waals surface area contributed by atoms with Gasteiger partial charge in [-0.2, -0.15) is 0 Å². The summed E-state index contributed by atoms with van der Waals surface area (Å²) in [5, 5.41) is 3.97. The molecular formula is C25H22F2N2O3S. The molecule has 5 rings (SSSR count). The van der Waals surface area contributed by atoms with Gasteiger partial charge in [-0.3, -0.25) is 9.79 Å². The van der Waals surface area contributed by atoms with Crippen LogP contribution in [0.4, 0.5) is 13.8 Å². The highest BCUT2D eigenvalue weighted by Crippen LogP contribution is 2.44. The predicted molar refractivity (Wildman–Crippen MR) is 123 cm³/mol. The second-order valence-corrected chi connectivity index (χ2v) is 9.06. The zero-order chi connectivity index (χ0) is 22.9. The maximum Gasteiger partial charge on any atom is 0.249 e. The smallest absolute Gasteiger partial charge is 0.249 e. The summed E-state index contributed by atoms with van der Waals surface area (Å²) < 4.78 is 41.6. The summed E-state index contributed by atoms with van der Waals surface area (Å²) in [6.07, 6.45) is 1.10. The second-order valence-electron chi connectivity index (χ2n) is 8.08. The average Bonchev–Trinajstić information content (AvgIpc) is 2.93. The van der Waals surface area contributed by atoms with E-state index in [4.69, 9.17) is 9.47 Å². The number of amides is 1. The van der Waals surface area contributed by atoms with Crippen LogP contribution >= 0.6 is 11.3 Å². The molecule has 1 amide bonds. The van der Waals surface area contributed by atoms with Crippen LogP contribution in [0.25, 0.3) is 0 Å². The molecule has 5 nitrogen and oxygen atoms in total. The fourth-order valence-electron chi connectivity index (χ4n) is 4.05. The molecule has 0 radical (unpaired) electrons. The first-order valence-corrected chi connectivity index (χ1v) is 11.6. The Morgan fingerprint density at radius 2 is 1.88 bits per heavy atom. The van der Waals surface area contributed by atoms with Gasteiger partial charge in [0, 0.05) is 11.1 Å². The van der Waals surface area contributed by atoms with Crippen molar-refractivity contribution < 1.29 is 23.0 Å².